The number of hydrazine groups is 1. The van der Waals surface area contributed by atoms with Crippen LogP contribution in [0.2, 0.25) is 0 Å². The minimum absolute atomic E-state index is 0.108. The van der Waals surface area contributed by atoms with E-state index < -0.39 is 11.7 Å². The molecule has 1 rings (SSSR count). The summed E-state index contributed by atoms with van der Waals surface area (Å²) >= 11 is 0. The fourth-order valence-corrected chi connectivity index (χ4v) is 0.744. The van der Waals surface area contributed by atoms with Crippen molar-refractivity contribution in [2.24, 2.45) is 5.84 Å². The molecule has 0 aliphatic carbocycles. The third-order valence-electron chi connectivity index (χ3n) is 1.39. The van der Waals surface area contributed by atoms with Gasteiger partial charge in [-0.3, -0.25) is 10.2 Å². The number of nitrogens with zero attached hydrogens (tertiary/aromatic N) is 1. The van der Waals surface area contributed by atoms with E-state index in [0.29, 0.717) is 0 Å². The van der Waals surface area contributed by atoms with Gasteiger partial charge in [0.05, 0.1) is 5.69 Å². The summed E-state index contributed by atoms with van der Waals surface area (Å²) < 4.78 is 12.6. The quantitative estimate of drug-likeness (QED) is 0.357. The summed E-state index contributed by atoms with van der Waals surface area (Å²) in [6, 6.07) is 2.44. The van der Waals surface area contributed by atoms with Crippen molar-refractivity contribution in [3.05, 3.63) is 29.3 Å². The number of hydrogen-bond donors (Lipinski definition) is 2. The molecule has 0 aliphatic heterocycles. The van der Waals surface area contributed by atoms with Crippen LogP contribution in [0.5, 0.6) is 0 Å². The van der Waals surface area contributed by atoms with Gasteiger partial charge in [-0.25, -0.2) is 15.2 Å². The average molecular weight is 169 g/mol. The smallest absolute Gasteiger partial charge is 0.283 e. The van der Waals surface area contributed by atoms with Gasteiger partial charge in [0.1, 0.15) is 11.5 Å². The van der Waals surface area contributed by atoms with Gasteiger partial charge in [0.25, 0.3) is 5.91 Å². The molecule has 0 unspecified atom stereocenters. The van der Waals surface area contributed by atoms with Crippen LogP contribution in [0.15, 0.2) is 12.1 Å². The normalized spacial score (nSPS) is 9.58. The SMILES string of the molecule is Cc1nc(C(=O)NN)ccc1F. The first-order chi connectivity index (χ1) is 5.65. The molecule has 1 aromatic rings. The molecule has 64 valence electrons. The fourth-order valence-electron chi connectivity index (χ4n) is 0.744. The summed E-state index contributed by atoms with van der Waals surface area (Å²) in [5.41, 5.74) is 2.19. The Morgan fingerprint density at radius 1 is 1.67 bits per heavy atom. The van der Waals surface area contributed by atoms with Gasteiger partial charge in [-0.05, 0) is 19.1 Å². The number of nitrogens with one attached hydrogen (secondary N) is 1. The standard InChI is InChI=1S/C7H8FN3O/c1-4-5(8)2-3-6(10-4)7(12)11-9/h2-3H,9H2,1H3,(H,11,12). The molecular formula is C7H8FN3O. The molecule has 0 aliphatic rings. The summed E-state index contributed by atoms with van der Waals surface area (Å²) in [7, 11) is 0. The zero-order valence-electron chi connectivity index (χ0n) is 6.47. The zero-order chi connectivity index (χ0) is 9.14. The van der Waals surface area contributed by atoms with Crippen LogP contribution in [0.4, 0.5) is 4.39 Å². The minimum atomic E-state index is -0.530. The number of carbonyl (C=O) groups is 1. The highest BCUT2D eigenvalue weighted by Gasteiger charge is 2.06. The lowest BCUT2D eigenvalue weighted by Gasteiger charge is -1.99. The highest BCUT2D eigenvalue weighted by atomic mass is 19.1. The van der Waals surface area contributed by atoms with Crippen LogP contribution in [0.25, 0.3) is 0 Å². The van der Waals surface area contributed by atoms with Gasteiger partial charge in [0, 0.05) is 0 Å². The van der Waals surface area contributed by atoms with Crippen LogP contribution >= 0.6 is 0 Å². The molecule has 3 N–H and O–H groups in total. The van der Waals surface area contributed by atoms with E-state index in [9.17, 15) is 9.18 Å². The predicted molar refractivity (Wildman–Crippen MR) is 40.6 cm³/mol. The second-order valence-corrected chi connectivity index (χ2v) is 2.24. The molecule has 1 aromatic heterocycles. The number of aryl methyl sites for hydroxylation is 1. The van der Waals surface area contributed by atoms with Crippen molar-refractivity contribution in [2.45, 2.75) is 6.92 Å². The molecule has 0 saturated heterocycles. The summed E-state index contributed by atoms with van der Waals surface area (Å²) in [5, 5.41) is 0. The molecule has 0 fully saturated rings. The molecule has 0 bridgehead atoms. The van der Waals surface area contributed by atoms with Gasteiger partial charge in [-0.1, -0.05) is 0 Å². The lowest BCUT2D eigenvalue weighted by Crippen LogP contribution is -2.30. The summed E-state index contributed by atoms with van der Waals surface area (Å²) in [5.74, 6) is 3.89. The number of nitrogens with two attached hydrogens (primary N) is 1. The number of carbonyl (C=O) groups excluding carboxylic acids is 1. The van der Waals surface area contributed by atoms with Crippen molar-refractivity contribution in [3.63, 3.8) is 0 Å². The molecule has 0 atom stereocenters. The number of amides is 1. The van der Waals surface area contributed by atoms with Crippen molar-refractivity contribution >= 4 is 5.91 Å². The Morgan fingerprint density at radius 3 is 2.83 bits per heavy atom. The first-order valence-electron chi connectivity index (χ1n) is 3.29. The Morgan fingerprint density at radius 2 is 2.33 bits per heavy atom. The Kier molecular flexibility index (Phi) is 2.35. The highest BCUT2D eigenvalue weighted by molar-refractivity contribution is 5.91. The molecule has 0 saturated carbocycles. The Balaban J connectivity index is 3.05. The van der Waals surface area contributed by atoms with E-state index in [1.54, 1.807) is 0 Å². The number of rotatable bonds is 1. The zero-order valence-corrected chi connectivity index (χ0v) is 6.47. The third-order valence-corrected chi connectivity index (χ3v) is 1.39. The monoisotopic (exact) mass is 169 g/mol. The van der Waals surface area contributed by atoms with Gasteiger partial charge in [0.15, 0.2) is 0 Å². The van der Waals surface area contributed by atoms with Gasteiger partial charge in [-0.15, -0.1) is 0 Å². The van der Waals surface area contributed by atoms with Gasteiger partial charge in [0.2, 0.25) is 0 Å². The van der Waals surface area contributed by atoms with E-state index in [1.807, 2.05) is 5.43 Å². The van der Waals surface area contributed by atoms with Gasteiger partial charge >= 0.3 is 0 Å². The van der Waals surface area contributed by atoms with Gasteiger partial charge in [-0.2, -0.15) is 0 Å². The van der Waals surface area contributed by atoms with Crippen molar-refractivity contribution in [1.82, 2.24) is 10.4 Å². The van der Waals surface area contributed by atoms with Crippen LogP contribution in [0.3, 0.4) is 0 Å². The summed E-state index contributed by atoms with van der Waals surface area (Å²) in [4.78, 5) is 14.5. The number of pyridine rings is 1. The van der Waals surface area contributed by atoms with Crippen molar-refractivity contribution in [3.8, 4) is 0 Å². The van der Waals surface area contributed by atoms with Crippen LogP contribution in [0.1, 0.15) is 16.2 Å². The first kappa shape index (κ1) is 8.61. The van der Waals surface area contributed by atoms with Crippen molar-refractivity contribution < 1.29 is 9.18 Å². The van der Waals surface area contributed by atoms with Crippen molar-refractivity contribution in [1.29, 1.82) is 0 Å². The third kappa shape index (κ3) is 1.57. The maximum Gasteiger partial charge on any atom is 0.283 e. The van der Waals surface area contributed by atoms with Gasteiger partial charge < -0.3 is 0 Å². The largest absolute Gasteiger partial charge is 0.289 e. The average Bonchev–Trinajstić information content (AvgIpc) is 2.08. The van der Waals surface area contributed by atoms with Crippen LogP contribution < -0.4 is 11.3 Å². The Hall–Kier alpha value is -1.49. The predicted octanol–water partition coefficient (Wildman–Crippen LogP) is 0.133. The minimum Gasteiger partial charge on any atom is -0.289 e. The lowest BCUT2D eigenvalue weighted by atomic mass is 10.3. The molecule has 1 amide bonds. The molecule has 1 heterocycles. The summed E-state index contributed by atoms with van der Waals surface area (Å²) in [6.07, 6.45) is 0. The van der Waals surface area contributed by atoms with E-state index in [2.05, 4.69) is 4.98 Å². The molecule has 12 heavy (non-hydrogen) atoms. The molecule has 0 aromatic carbocycles. The molecule has 4 nitrogen and oxygen atoms in total. The van der Waals surface area contributed by atoms with E-state index in [4.69, 9.17) is 5.84 Å². The van der Waals surface area contributed by atoms with E-state index >= 15 is 0 Å². The van der Waals surface area contributed by atoms with Crippen molar-refractivity contribution in [2.75, 3.05) is 0 Å². The second-order valence-electron chi connectivity index (χ2n) is 2.24. The Bertz CT molecular complexity index is 314. The van der Waals surface area contributed by atoms with E-state index in [0.717, 1.165) is 0 Å². The first-order valence-corrected chi connectivity index (χ1v) is 3.29. The number of aromatic nitrogens is 1. The lowest BCUT2D eigenvalue weighted by molar-refractivity contribution is 0.0948. The molecule has 5 heteroatoms. The molecular weight excluding hydrogens is 161 g/mol. The Labute approximate surface area is 68.6 Å². The number of halogens is 1. The van der Waals surface area contributed by atoms with E-state index in [1.165, 1.54) is 19.1 Å². The highest BCUT2D eigenvalue weighted by Crippen LogP contribution is 2.03. The number of hydrogen-bond acceptors (Lipinski definition) is 3. The maximum absolute atomic E-state index is 12.6. The maximum atomic E-state index is 12.6. The fraction of sp³-hybridized carbons (Fsp3) is 0.143. The summed E-state index contributed by atoms with van der Waals surface area (Å²) in [6.45, 7) is 1.47. The van der Waals surface area contributed by atoms with Crippen LogP contribution in [-0.4, -0.2) is 10.9 Å². The second kappa shape index (κ2) is 3.27. The molecule has 0 radical (unpaired) electrons. The topological polar surface area (TPSA) is 68.0 Å². The molecule has 0 spiro atoms. The van der Waals surface area contributed by atoms with Crippen LogP contribution in [0, 0.1) is 12.7 Å². The van der Waals surface area contributed by atoms with Crippen LogP contribution in [-0.2, 0) is 0 Å². The van der Waals surface area contributed by atoms with E-state index in [-0.39, 0.29) is 11.4 Å². The number of nitrogen functional groups attached to an aromatic ring is 1.